The van der Waals surface area contributed by atoms with Crippen LogP contribution in [0.4, 0.5) is 0 Å². The lowest BCUT2D eigenvalue weighted by Gasteiger charge is -2.19. The summed E-state index contributed by atoms with van der Waals surface area (Å²) in [7, 11) is 1.66. The number of methoxy groups -OCH3 is 1. The van der Waals surface area contributed by atoms with E-state index in [4.69, 9.17) is 9.26 Å². The summed E-state index contributed by atoms with van der Waals surface area (Å²) < 4.78 is 10.9. The molecule has 1 N–H and O–H groups in total. The SMILES string of the molecule is COc1c(C)cccc1-c1noc(C2CCCCN2)n1. The fraction of sp³-hybridized carbons (Fsp3) is 0.467. The molecule has 5 heteroatoms. The van der Waals surface area contributed by atoms with Crippen molar-refractivity contribution >= 4 is 0 Å². The first-order valence-electron chi connectivity index (χ1n) is 7.00. The van der Waals surface area contributed by atoms with E-state index >= 15 is 0 Å². The fourth-order valence-corrected chi connectivity index (χ4v) is 2.65. The van der Waals surface area contributed by atoms with E-state index < -0.39 is 0 Å². The molecule has 1 saturated heterocycles. The minimum Gasteiger partial charge on any atom is -0.496 e. The summed E-state index contributed by atoms with van der Waals surface area (Å²) in [5.74, 6) is 2.06. The maximum absolute atomic E-state index is 5.45. The molecule has 1 aromatic heterocycles. The number of piperidine rings is 1. The van der Waals surface area contributed by atoms with Crippen molar-refractivity contribution in [2.24, 2.45) is 0 Å². The van der Waals surface area contributed by atoms with Gasteiger partial charge in [0.25, 0.3) is 0 Å². The molecule has 0 radical (unpaired) electrons. The van der Waals surface area contributed by atoms with E-state index in [1.165, 1.54) is 12.8 Å². The molecule has 2 aromatic rings. The Labute approximate surface area is 118 Å². The molecule has 2 heterocycles. The van der Waals surface area contributed by atoms with Crippen LogP contribution in [-0.4, -0.2) is 23.8 Å². The molecule has 0 saturated carbocycles. The van der Waals surface area contributed by atoms with Gasteiger partial charge in [0.1, 0.15) is 5.75 Å². The minimum atomic E-state index is 0.181. The molecule has 3 rings (SSSR count). The maximum Gasteiger partial charge on any atom is 0.244 e. The Morgan fingerprint density at radius 3 is 3.00 bits per heavy atom. The first kappa shape index (κ1) is 13.1. The van der Waals surface area contributed by atoms with Crippen molar-refractivity contribution in [2.75, 3.05) is 13.7 Å². The number of ether oxygens (including phenoxy) is 1. The molecular formula is C15H19N3O2. The standard InChI is InChI=1S/C15H19N3O2/c1-10-6-5-7-11(13(10)19-2)14-17-15(20-18-14)12-8-3-4-9-16-12/h5-7,12,16H,3-4,8-9H2,1-2H3. The predicted molar refractivity (Wildman–Crippen MR) is 75.6 cm³/mol. The fourth-order valence-electron chi connectivity index (χ4n) is 2.65. The second-order valence-corrected chi connectivity index (χ2v) is 5.11. The molecule has 0 aliphatic carbocycles. The lowest BCUT2D eigenvalue weighted by Crippen LogP contribution is -2.26. The number of nitrogens with one attached hydrogen (secondary N) is 1. The van der Waals surface area contributed by atoms with Gasteiger partial charge in [-0.25, -0.2) is 0 Å². The summed E-state index contributed by atoms with van der Waals surface area (Å²) in [4.78, 5) is 4.53. The van der Waals surface area contributed by atoms with E-state index in [0.29, 0.717) is 11.7 Å². The number of hydrogen-bond acceptors (Lipinski definition) is 5. The van der Waals surface area contributed by atoms with Crippen LogP contribution in [0.2, 0.25) is 0 Å². The van der Waals surface area contributed by atoms with Crippen molar-refractivity contribution in [3.05, 3.63) is 29.7 Å². The molecule has 0 spiro atoms. The topological polar surface area (TPSA) is 60.2 Å². The Balaban J connectivity index is 1.92. The molecule has 1 aliphatic rings. The van der Waals surface area contributed by atoms with Crippen molar-refractivity contribution in [1.29, 1.82) is 0 Å². The van der Waals surface area contributed by atoms with Gasteiger partial charge in [0, 0.05) is 0 Å². The quantitative estimate of drug-likeness (QED) is 0.931. The van der Waals surface area contributed by atoms with Gasteiger partial charge in [0.05, 0.1) is 18.7 Å². The summed E-state index contributed by atoms with van der Waals surface area (Å²) in [5, 5.41) is 7.52. The number of para-hydroxylation sites is 1. The van der Waals surface area contributed by atoms with Crippen LogP contribution in [-0.2, 0) is 0 Å². The number of rotatable bonds is 3. The average Bonchev–Trinajstić information content (AvgIpc) is 2.97. The van der Waals surface area contributed by atoms with Gasteiger partial charge in [0.2, 0.25) is 11.7 Å². The third-order valence-electron chi connectivity index (χ3n) is 3.71. The lowest BCUT2D eigenvalue weighted by atomic mass is 10.1. The van der Waals surface area contributed by atoms with Crippen LogP contribution < -0.4 is 10.1 Å². The van der Waals surface area contributed by atoms with Gasteiger partial charge in [-0.05, 0) is 37.9 Å². The van der Waals surface area contributed by atoms with E-state index in [1.54, 1.807) is 7.11 Å². The van der Waals surface area contributed by atoms with Crippen LogP contribution in [0.5, 0.6) is 5.75 Å². The summed E-state index contributed by atoms with van der Waals surface area (Å²) in [6.07, 6.45) is 3.46. The number of nitrogens with zero attached hydrogens (tertiary/aromatic N) is 2. The molecule has 1 atom stereocenters. The monoisotopic (exact) mass is 273 g/mol. The van der Waals surface area contributed by atoms with E-state index in [9.17, 15) is 0 Å². The number of aryl methyl sites for hydroxylation is 1. The van der Waals surface area contributed by atoms with Gasteiger partial charge >= 0.3 is 0 Å². The molecule has 106 valence electrons. The molecule has 1 fully saturated rings. The molecule has 1 unspecified atom stereocenters. The highest BCUT2D eigenvalue weighted by atomic mass is 16.5. The van der Waals surface area contributed by atoms with Gasteiger partial charge in [0.15, 0.2) is 0 Å². The van der Waals surface area contributed by atoms with Crippen LogP contribution in [0.15, 0.2) is 22.7 Å². The first-order chi connectivity index (χ1) is 9.79. The van der Waals surface area contributed by atoms with Crippen LogP contribution >= 0.6 is 0 Å². The van der Waals surface area contributed by atoms with Crippen molar-refractivity contribution in [3.63, 3.8) is 0 Å². The normalized spacial score (nSPS) is 19.0. The zero-order valence-corrected chi connectivity index (χ0v) is 11.8. The summed E-state index contributed by atoms with van der Waals surface area (Å²) in [5.41, 5.74) is 1.94. The van der Waals surface area contributed by atoms with Crippen LogP contribution in [0.1, 0.15) is 36.8 Å². The van der Waals surface area contributed by atoms with Crippen LogP contribution in [0.3, 0.4) is 0 Å². The molecule has 1 aliphatic heterocycles. The second-order valence-electron chi connectivity index (χ2n) is 5.11. The highest BCUT2D eigenvalue weighted by molar-refractivity contribution is 5.66. The third-order valence-corrected chi connectivity index (χ3v) is 3.71. The third kappa shape index (κ3) is 2.41. The Hall–Kier alpha value is -1.88. The van der Waals surface area contributed by atoms with E-state index in [2.05, 4.69) is 15.5 Å². The molecule has 1 aromatic carbocycles. The highest BCUT2D eigenvalue weighted by Gasteiger charge is 2.22. The summed E-state index contributed by atoms with van der Waals surface area (Å²) >= 11 is 0. The van der Waals surface area contributed by atoms with E-state index in [-0.39, 0.29) is 6.04 Å². The minimum absolute atomic E-state index is 0.181. The van der Waals surface area contributed by atoms with Crippen LogP contribution in [0.25, 0.3) is 11.4 Å². The number of benzene rings is 1. The Kier molecular flexibility index (Phi) is 3.69. The molecule has 0 bridgehead atoms. The molecule has 0 amide bonds. The number of hydrogen-bond donors (Lipinski definition) is 1. The highest BCUT2D eigenvalue weighted by Crippen LogP contribution is 2.32. The summed E-state index contributed by atoms with van der Waals surface area (Å²) in [6.45, 7) is 3.02. The molecular weight excluding hydrogens is 254 g/mol. The predicted octanol–water partition coefficient (Wildman–Crippen LogP) is 2.87. The molecule has 20 heavy (non-hydrogen) atoms. The van der Waals surface area contributed by atoms with Gasteiger partial charge < -0.3 is 14.6 Å². The second kappa shape index (κ2) is 5.63. The van der Waals surface area contributed by atoms with Crippen molar-refractivity contribution in [3.8, 4) is 17.1 Å². The van der Waals surface area contributed by atoms with E-state index in [1.807, 2.05) is 25.1 Å². The lowest BCUT2D eigenvalue weighted by molar-refractivity contribution is 0.297. The molecule has 5 nitrogen and oxygen atoms in total. The zero-order chi connectivity index (χ0) is 13.9. The van der Waals surface area contributed by atoms with Crippen LogP contribution in [0, 0.1) is 6.92 Å². The Bertz CT molecular complexity index is 589. The maximum atomic E-state index is 5.45. The number of aromatic nitrogens is 2. The van der Waals surface area contributed by atoms with Crippen molar-refractivity contribution in [1.82, 2.24) is 15.5 Å². The smallest absolute Gasteiger partial charge is 0.244 e. The zero-order valence-electron chi connectivity index (χ0n) is 11.8. The summed E-state index contributed by atoms with van der Waals surface area (Å²) in [6, 6.07) is 6.11. The van der Waals surface area contributed by atoms with Crippen molar-refractivity contribution < 1.29 is 9.26 Å². The first-order valence-corrected chi connectivity index (χ1v) is 7.00. The Morgan fingerprint density at radius 2 is 2.25 bits per heavy atom. The van der Waals surface area contributed by atoms with Crippen molar-refractivity contribution in [2.45, 2.75) is 32.2 Å². The van der Waals surface area contributed by atoms with Gasteiger partial charge in [-0.15, -0.1) is 0 Å². The largest absolute Gasteiger partial charge is 0.496 e. The average molecular weight is 273 g/mol. The Morgan fingerprint density at radius 1 is 1.35 bits per heavy atom. The van der Waals surface area contributed by atoms with Gasteiger partial charge in [-0.2, -0.15) is 4.98 Å². The van der Waals surface area contributed by atoms with Gasteiger partial charge in [-0.3, -0.25) is 0 Å². The van der Waals surface area contributed by atoms with E-state index in [0.717, 1.165) is 29.8 Å². The van der Waals surface area contributed by atoms with Gasteiger partial charge in [-0.1, -0.05) is 23.7 Å².